The average molecular weight is 418 g/mol. The van der Waals surface area contributed by atoms with Crippen molar-refractivity contribution in [1.29, 1.82) is 5.26 Å². The van der Waals surface area contributed by atoms with Crippen LogP contribution in [0.4, 0.5) is 13.2 Å². The van der Waals surface area contributed by atoms with E-state index in [1.165, 1.54) is 6.07 Å². The lowest BCUT2D eigenvalue weighted by molar-refractivity contribution is -0.141. The third-order valence-electron chi connectivity index (χ3n) is 4.69. The largest absolute Gasteiger partial charge is 0.433 e. The molecule has 1 aromatic carbocycles. The first-order chi connectivity index (χ1) is 14.4. The number of benzene rings is 1. The van der Waals surface area contributed by atoms with Crippen molar-refractivity contribution >= 4 is 5.91 Å². The van der Waals surface area contributed by atoms with Gasteiger partial charge in [0.1, 0.15) is 17.8 Å². The van der Waals surface area contributed by atoms with Crippen molar-refractivity contribution in [2.45, 2.75) is 31.2 Å². The van der Waals surface area contributed by atoms with E-state index in [-0.39, 0.29) is 12.3 Å². The molecule has 3 rings (SSSR count). The van der Waals surface area contributed by atoms with Gasteiger partial charge in [-0.3, -0.25) is 9.78 Å². The second-order valence-corrected chi connectivity index (χ2v) is 6.94. The van der Waals surface area contributed by atoms with Gasteiger partial charge in [-0.1, -0.05) is 24.3 Å². The number of hydrogen-bond acceptors (Lipinski definition) is 5. The number of carbonyl (C=O) groups is 1. The Hall–Kier alpha value is -2.96. The molecule has 1 fully saturated rings. The van der Waals surface area contributed by atoms with Gasteiger partial charge >= 0.3 is 6.18 Å². The summed E-state index contributed by atoms with van der Waals surface area (Å²) in [5.41, 5.74) is 0.816. The quantitative estimate of drug-likeness (QED) is 0.780. The fraction of sp³-hybridized carbons (Fsp3) is 0.381. The Labute approximate surface area is 172 Å². The van der Waals surface area contributed by atoms with E-state index >= 15 is 0 Å². The minimum absolute atomic E-state index is 0.271. The van der Waals surface area contributed by atoms with E-state index in [1.54, 1.807) is 24.3 Å². The van der Waals surface area contributed by atoms with Gasteiger partial charge in [-0.15, -0.1) is 0 Å². The molecule has 0 saturated carbocycles. The lowest BCUT2D eigenvalue weighted by Gasteiger charge is -2.18. The van der Waals surface area contributed by atoms with Crippen LogP contribution < -0.4 is 10.6 Å². The number of aromatic nitrogens is 1. The molecule has 2 N–H and O–H groups in total. The molecule has 2 heterocycles. The number of nitrogens with zero attached hydrogens (tertiary/aromatic N) is 2. The number of pyridine rings is 1. The van der Waals surface area contributed by atoms with Crippen LogP contribution in [0.5, 0.6) is 0 Å². The molecule has 0 bridgehead atoms. The summed E-state index contributed by atoms with van der Waals surface area (Å²) in [6, 6.07) is 10.6. The number of hydrogen-bond donors (Lipinski definition) is 2. The van der Waals surface area contributed by atoms with Gasteiger partial charge in [-0.2, -0.15) is 18.4 Å². The summed E-state index contributed by atoms with van der Waals surface area (Å²) >= 11 is 0. The minimum Gasteiger partial charge on any atom is -0.367 e. The molecule has 1 aromatic heterocycles. The predicted octanol–water partition coefficient (Wildman–Crippen LogP) is 2.70. The fourth-order valence-electron chi connectivity index (χ4n) is 3.11. The summed E-state index contributed by atoms with van der Waals surface area (Å²) < 4.78 is 44.0. The molecular weight excluding hydrogens is 397 g/mol. The number of nitriles is 1. The third kappa shape index (κ3) is 5.78. The van der Waals surface area contributed by atoms with E-state index in [0.717, 1.165) is 30.8 Å². The molecule has 1 saturated heterocycles. The van der Waals surface area contributed by atoms with Gasteiger partial charge in [0.25, 0.3) is 5.91 Å². The average Bonchev–Trinajstić information content (AvgIpc) is 3.03. The van der Waals surface area contributed by atoms with Gasteiger partial charge in [0.15, 0.2) is 0 Å². The van der Waals surface area contributed by atoms with Crippen molar-refractivity contribution in [1.82, 2.24) is 15.6 Å². The maximum Gasteiger partial charge on any atom is 0.433 e. The number of amides is 1. The summed E-state index contributed by atoms with van der Waals surface area (Å²) in [6.07, 6.45) is -2.94. The number of halogens is 3. The molecule has 1 aliphatic rings. The Kier molecular flexibility index (Phi) is 7.03. The Morgan fingerprint density at radius 1 is 1.30 bits per heavy atom. The van der Waals surface area contributed by atoms with Crippen LogP contribution in [0.15, 0.2) is 42.6 Å². The van der Waals surface area contributed by atoms with Crippen LogP contribution >= 0.6 is 0 Å². The fourth-order valence-corrected chi connectivity index (χ4v) is 3.11. The lowest BCUT2D eigenvalue weighted by atomic mass is 10.0. The Bertz CT molecular complexity index is 902. The Morgan fingerprint density at radius 3 is 2.77 bits per heavy atom. The molecule has 30 heavy (non-hydrogen) atoms. The molecule has 0 unspecified atom stereocenters. The maximum atomic E-state index is 12.9. The summed E-state index contributed by atoms with van der Waals surface area (Å²) in [6.45, 7) is 1.65. The number of alkyl halides is 3. The highest BCUT2D eigenvalue weighted by atomic mass is 19.4. The number of nitrogens with one attached hydrogen (secondary N) is 2. The second kappa shape index (κ2) is 9.69. The van der Waals surface area contributed by atoms with Crippen LogP contribution in [0, 0.1) is 11.3 Å². The van der Waals surface area contributed by atoms with Crippen molar-refractivity contribution in [2.24, 2.45) is 0 Å². The van der Waals surface area contributed by atoms with E-state index in [4.69, 9.17) is 4.74 Å². The van der Waals surface area contributed by atoms with Crippen molar-refractivity contribution in [2.75, 3.05) is 19.7 Å². The molecule has 0 aliphatic carbocycles. The van der Waals surface area contributed by atoms with Gasteiger partial charge in [-0.25, -0.2) is 0 Å². The van der Waals surface area contributed by atoms with E-state index in [9.17, 15) is 23.2 Å². The topological polar surface area (TPSA) is 87.0 Å². The van der Waals surface area contributed by atoms with Crippen LogP contribution in [0.25, 0.3) is 11.1 Å². The summed E-state index contributed by atoms with van der Waals surface area (Å²) in [5.74, 6) is -0.343. The van der Waals surface area contributed by atoms with Crippen LogP contribution in [0.3, 0.4) is 0 Å². The highest BCUT2D eigenvalue weighted by Gasteiger charge is 2.32. The van der Waals surface area contributed by atoms with Gasteiger partial charge in [-0.05, 0) is 41.8 Å². The monoisotopic (exact) mass is 418 g/mol. The standard InChI is InChI=1S/C21H21F3N4O2/c22-21(23,24)19-11-16(6-8-27-19)15-4-2-14(3-5-15)10-17(12-25)28-20(29)18-13-26-7-1-9-30-18/h2-6,8,11,17-18,26H,1,7,9-10,13H2,(H,28,29)/t17-,18-/m0/s1. The SMILES string of the molecule is N#C[C@H](Cc1ccc(-c2ccnc(C(F)(F)F)c2)cc1)NC(=O)[C@@H]1CNCCCO1. The smallest absolute Gasteiger partial charge is 0.367 e. The van der Waals surface area contributed by atoms with Crippen molar-refractivity contribution in [3.8, 4) is 17.2 Å². The van der Waals surface area contributed by atoms with Crippen LogP contribution in [0.1, 0.15) is 17.7 Å². The molecule has 158 valence electrons. The van der Waals surface area contributed by atoms with Crippen molar-refractivity contribution < 1.29 is 22.7 Å². The van der Waals surface area contributed by atoms with Crippen LogP contribution in [-0.2, 0) is 22.1 Å². The first-order valence-corrected chi connectivity index (χ1v) is 9.51. The Balaban J connectivity index is 1.64. The van der Waals surface area contributed by atoms with Crippen LogP contribution in [-0.4, -0.2) is 42.7 Å². The summed E-state index contributed by atoms with van der Waals surface area (Å²) in [7, 11) is 0. The highest BCUT2D eigenvalue weighted by molar-refractivity contribution is 5.81. The summed E-state index contributed by atoms with van der Waals surface area (Å²) in [5, 5.41) is 15.2. The van der Waals surface area contributed by atoms with E-state index in [0.29, 0.717) is 24.3 Å². The molecular formula is C21H21F3N4O2. The number of rotatable bonds is 5. The maximum absolute atomic E-state index is 12.9. The van der Waals surface area contributed by atoms with Crippen molar-refractivity contribution in [3.63, 3.8) is 0 Å². The second-order valence-electron chi connectivity index (χ2n) is 6.94. The first-order valence-electron chi connectivity index (χ1n) is 9.51. The molecule has 1 aliphatic heterocycles. The molecule has 2 aromatic rings. The molecule has 0 radical (unpaired) electrons. The minimum atomic E-state index is -4.51. The van der Waals surface area contributed by atoms with E-state index < -0.39 is 24.0 Å². The molecule has 1 amide bonds. The van der Waals surface area contributed by atoms with Crippen LogP contribution in [0.2, 0.25) is 0 Å². The van der Waals surface area contributed by atoms with Crippen molar-refractivity contribution in [3.05, 3.63) is 53.9 Å². The zero-order valence-electron chi connectivity index (χ0n) is 16.1. The van der Waals surface area contributed by atoms with Gasteiger partial charge in [0.05, 0.1) is 6.07 Å². The van der Waals surface area contributed by atoms with Gasteiger partial charge < -0.3 is 15.4 Å². The summed E-state index contributed by atoms with van der Waals surface area (Å²) in [4.78, 5) is 15.7. The predicted molar refractivity (Wildman–Crippen MR) is 103 cm³/mol. The Morgan fingerprint density at radius 2 is 2.07 bits per heavy atom. The molecule has 2 atom stereocenters. The van der Waals surface area contributed by atoms with Gasteiger partial charge in [0.2, 0.25) is 0 Å². The zero-order chi connectivity index (χ0) is 21.6. The zero-order valence-corrected chi connectivity index (χ0v) is 16.1. The molecule has 9 heteroatoms. The van der Waals surface area contributed by atoms with E-state index in [2.05, 4.69) is 21.7 Å². The normalized spacial score (nSPS) is 18.1. The lowest BCUT2D eigenvalue weighted by Crippen LogP contribution is -2.46. The number of ether oxygens (including phenoxy) is 1. The van der Waals surface area contributed by atoms with Gasteiger partial charge in [0, 0.05) is 25.8 Å². The molecule has 6 nitrogen and oxygen atoms in total. The number of carbonyl (C=O) groups excluding carboxylic acids is 1. The highest BCUT2D eigenvalue weighted by Crippen LogP contribution is 2.30. The first kappa shape index (κ1) is 21.7. The van der Waals surface area contributed by atoms with E-state index in [1.807, 2.05) is 0 Å². The third-order valence-corrected chi connectivity index (χ3v) is 4.69. The molecule has 0 spiro atoms.